The highest BCUT2D eigenvalue weighted by Crippen LogP contribution is 2.39. The van der Waals surface area contributed by atoms with Gasteiger partial charge in [-0.15, -0.1) is 0 Å². The fourth-order valence-electron chi connectivity index (χ4n) is 2.79. The summed E-state index contributed by atoms with van der Waals surface area (Å²) in [5.74, 6) is -0.0525. The van der Waals surface area contributed by atoms with Gasteiger partial charge in [0.2, 0.25) is 13.6 Å². The van der Waals surface area contributed by atoms with Crippen molar-refractivity contribution in [3.63, 3.8) is 0 Å². The zero-order valence-corrected chi connectivity index (χ0v) is 20.0. The lowest BCUT2D eigenvalue weighted by molar-refractivity contribution is -0.163. The number of halogens is 6. The topological polar surface area (TPSA) is 55.4 Å². The number of alkyl halides is 4. The Morgan fingerprint density at radius 3 is 2.10 bits per heavy atom. The molecular weight excluding hydrogens is 565 g/mol. The summed E-state index contributed by atoms with van der Waals surface area (Å²) in [7, 11) is -4.51. The van der Waals surface area contributed by atoms with Gasteiger partial charge < -0.3 is 4.74 Å². The number of sulfonamides is 1. The minimum absolute atomic E-state index is 0.00602. The van der Waals surface area contributed by atoms with E-state index in [4.69, 9.17) is 27.9 Å². The Balaban J connectivity index is 2.40. The van der Waals surface area contributed by atoms with Crippen LogP contribution in [-0.4, -0.2) is 24.7 Å². The summed E-state index contributed by atoms with van der Waals surface area (Å²) in [6.07, 6.45) is -4.95. The van der Waals surface area contributed by atoms with E-state index in [0.29, 0.717) is 11.1 Å². The first kappa shape index (κ1) is 24.5. The molecule has 0 radical (unpaired) electrons. The molecule has 29 heavy (non-hydrogen) atoms. The van der Waals surface area contributed by atoms with Crippen LogP contribution in [0.25, 0.3) is 0 Å². The van der Waals surface area contributed by atoms with Crippen molar-refractivity contribution in [1.82, 2.24) is 4.72 Å². The standard InChI is InChI=1S/C18H17Cl2F3INO3S/c1-10-6-11(2)16(12(3)7-10)29(26,27)25-17(24,18(21,22)23)9-28-15-5-4-13(19)8-14(15)20/h4-8,25H,9H2,1-3H3. The lowest BCUT2D eigenvalue weighted by Crippen LogP contribution is -2.57. The summed E-state index contributed by atoms with van der Waals surface area (Å²) >= 11 is 12.7. The second-order valence-electron chi connectivity index (χ2n) is 6.50. The molecule has 0 bridgehead atoms. The molecule has 1 atom stereocenters. The molecule has 0 spiro atoms. The molecule has 2 aromatic carbocycles. The van der Waals surface area contributed by atoms with E-state index < -0.39 is 26.4 Å². The molecule has 0 aliphatic heterocycles. The van der Waals surface area contributed by atoms with E-state index in [0.717, 1.165) is 28.2 Å². The van der Waals surface area contributed by atoms with Crippen molar-refractivity contribution >= 4 is 55.8 Å². The number of rotatable bonds is 6. The average Bonchev–Trinajstić information content (AvgIpc) is 2.51. The Labute approximate surface area is 190 Å². The summed E-state index contributed by atoms with van der Waals surface area (Å²) in [5.41, 5.74) is 1.49. The van der Waals surface area contributed by atoms with Gasteiger partial charge in [0, 0.05) is 5.02 Å². The Kier molecular flexibility index (Phi) is 7.42. The zero-order chi connectivity index (χ0) is 22.2. The number of hydrogen-bond donors (Lipinski definition) is 1. The molecule has 0 saturated heterocycles. The van der Waals surface area contributed by atoms with E-state index in [-0.39, 0.29) is 20.7 Å². The minimum atomic E-state index is -4.95. The molecule has 160 valence electrons. The maximum Gasteiger partial charge on any atom is 0.420 e. The van der Waals surface area contributed by atoms with Gasteiger partial charge in [-0.1, -0.05) is 40.9 Å². The smallest absolute Gasteiger partial charge is 0.420 e. The van der Waals surface area contributed by atoms with Crippen molar-refractivity contribution in [3.05, 3.63) is 57.1 Å². The fourth-order valence-corrected chi connectivity index (χ4v) is 5.95. The Morgan fingerprint density at radius 1 is 1.07 bits per heavy atom. The number of nitrogens with one attached hydrogen (secondary N) is 1. The summed E-state index contributed by atoms with van der Waals surface area (Å²) in [6, 6.07) is 7.20. The Bertz CT molecular complexity index is 1010. The van der Waals surface area contributed by atoms with E-state index in [1.165, 1.54) is 32.0 Å². The van der Waals surface area contributed by atoms with Crippen LogP contribution in [0.4, 0.5) is 13.2 Å². The third-order valence-corrected chi connectivity index (χ3v) is 7.83. The molecule has 11 heteroatoms. The summed E-state index contributed by atoms with van der Waals surface area (Å²) in [4.78, 5) is -0.196. The van der Waals surface area contributed by atoms with Crippen LogP contribution in [0.5, 0.6) is 5.75 Å². The van der Waals surface area contributed by atoms with Crippen LogP contribution in [0, 0.1) is 20.8 Å². The SMILES string of the molecule is Cc1cc(C)c(S(=O)(=O)NC(I)(COc2ccc(Cl)cc2Cl)C(F)(F)F)c(C)c1. The van der Waals surface area contributed by atoms with Gasteiger partial charge in [-0.3, -0.25) is 0 Å². The van der Waals surface area contributed by atoms with Crippen LogP contribution in [0.2, 0.25) is 10.0 Å². The fraction of sp³-hybridized carbons (Fsp3) is 0.333. The van der Waals surface area contributed by atoms with Crippen molar-refractivity contribution < 1.29 is 26.3 Å². The molecule has 0 aliphatic rings. The highest BCUT2D eigenvalue weighted by Gasteiger charge is 2.56. The molecule has 1 unspecified atom stereocenters. The largest absolute Gasteiger partial charge is 0.489 e. The van der Waals surface area contributed by atoms with E-state index in [2.05, 4.69) is 0 Å². The van der Waals surface area contributed by atoms with Crippen LogP contribution in [-0.2, 0) is 10.0 Å². The van der Waals surface area contributed by atoms with Crippen LogP contribution >= 0.6 is 45.8 Å². The Hall–Kier alpha value is -0.750. The number of hydrogen-bond acceptors (Lipinski definition) is 3. The van der Waals surface area contributed by atoms with Gasteiger partial charge in [0.25, 0.3) is 0 Å². The van der Waals surface area contributed by atoms with Crippen molar-refractivity contribution in [2.75, 3.05) is 6.61 Å². The molecule has 0 fully saturated rings. The second kappa shape index (κ2) is 8.78. The highest BCUT2D eigenvalue weighted by atomic mass is 127. The number of ether oxygens (including phenoxy) is 1. The number of aryl methyl sites for hydroxylation is 3. The summed E-state index contributed by atoms with van der Waals surface area (Å²) in [6.45, 7) is 3.79. The van der Waals surface area contributed by atoms with Crippen LogP contribution in [0.15, 0.2) is 35.2 Å². The van der Waals surface area contributed by atoms with E-state index in [1.807, 2.05) is 0 Å². The lowest BCUT2D eigenvalue weighted by Gasteiger charge is -2.31. The first-order valence-electron chi connectivity index (χ1n) is 8.11. The molecule has 0 aromatic heterocycles. The van der Waals surface area contributed by atoms with Gasteiger partial charge in [0.1, 0.15) is 12.4 Å². The summed E-state index contributed by atoms with van der Waals surface area (Å²) < 4.78 is 71.2. The Morgan fingerprint density at radius 2 is 1.62 bits per heavy atom. The van der Waals surface area contributed by atoms with Gasteiger partial charge >= 0.3 is 6.18 Å². The second-order valence-corrected chi connectivity index (χ2v) is 10.8. The quantitative estimate of drug-likeness (QED) is 0.260. The molecule has 0 amide bonds. The normalized spacial score (nSPS) is 14.5. The van der Waals surface area contributed by atoms with Crippen molar-refractivity contribution in [2.24, 2.45) is 0 Å². The molecule has 2 aromatic rings. The molecule has 0 saturated carbocycles. The number of benzene rings is 2. The van der Waals surface area contributed by atoms with Crippen molar-refractivity contribution in [1.29, 1.82) is 0 Å². The molecular formula is C18H17Cl2F3INO3S. The van der Waals surface area contributed by atoms with Gasteiger partial charge in [0.05, 0.1) is 9.92 Å². The molecule has 1 N–H and O–H groups in total. The van der Waals surface area contributed by atoms with Gasteiger partial charge in [0.15, 0.2) is 0 Å². The third-order valence-electron chi connectivity index (χ3n) is 3.94. The zero-order valence-electron chi connectivity index (χ0n) is 15.5. The van der Waals surface area contributed by atoms with Crippen molar-refractivity contribution in [3.8, 4) is 5.75 Å². The summed E-state index contributed by atoms with van der Waals surface area (Å²) in [5, 5.41) is 0.288. The molecule has 0 aliphatic carbocycles. The van der Waals surface area contributed by atoms with Crippen LogP contribution < -0.4 is 9.46 Å². The molecule has 2 rings (SSSR count). The average molecular weight is 582 g/mol. The lowest BCUT2D eigenvalue weighted by atomic mass is 10.1. The van der Waals surface area contributed by atoms with Crippen molar-refractivity contribution in [2.45, 2.75) is 35.4 Å². The van der Waals surface area contributed by atoms with Crippen LogP contribution in [0.3, 0.4) is 0 Å². The van der Waals surface area contributed by atoms with Gasteiger partial charge in [-0.05, 0) is 72.7 Å². The monoisotopic (exact) mass is 581 g/mol. The highest BCUT2D eigenvalue weighted by molar-refractivity contribution is 14.1. The first-order valence-corrected chi connectivity index (χ1v) is 11.4. The van der Waals surface area contributed by atoms with Gasteiger partial charge in [-0.25, -0.2) is 8.42 Å². The predicted molar refractivity (Wildman–Crippen MR) is 116 cm³/mol. The first-order chi connectivity index (χ1) is 13.2. The minimum Gasteiger partial charge on any atom is -0.489 e. The maximum absolute atomic E-state index is 13.8. The predicted octanol–water partition coefficient (Wildman–Crippen LogP) is 5.97. The van der Waals surface area contributed by atoms with E-state index in [9.17, 15) is 21.6 Å². The van der Waals surface area contributed by atoms with Crippen LogP contribution in [0.1, 0.15) is 16.7 Å². The molecule has 0 heterocycles. The van der Waals surface area contributed by atoms with E-state index in [1.54, 1.807) is 23.8 Å². The maximum atomic E-state index is 13.8. The van der Waals surface area contributed by atoms with E-state index >= 15 is 0 Å². The third kappa shape index (κ3) is 5.69. The molecule has 4 nitrogen and oxygen atoms in total. The van der Waals surface area contributed by atoms with Gasteiger partial charge in [-0.2, -0.15) is 17.9 Å².